The number of fused-ring (bicyclic) bond motifs is 1. The average Bonchev–Trinajstić information content (AvgIpc) is 2.71. The average molecular weight is 323 g/mol. The van der Waals surface area contributed by atoms with E-state index in [2.05, 4.69) is 32.3 Å². The molecular weight excluding hydrogens is 289 g/mol. The number of hydrogen-bond acceptors (Lipinski definition) is 3. The third-order valence-electron chi connectivity index (χ3n) is 6.44. The molecule has 2 nitrogen and oxygen atoms in total. The molecule has 2 saturated heterocycles. The Hall–Kier alpha value is 0.335. The zero-order chi connectivity index (χ0) is 15.7. The van der Waals surface area contributed by atoms with Crippen LogP contribution in [0.5, 0.6) is 0 Å². The zero-order valence-corrected chi connectivity index (χ0v) is 15.8. The van der Waals surface area contributed by atoms with Gasteiger partial charge in [-0.3, -0.25) is 0 Å². The Bertz CT molecular complexity index is 374. The maximum atomic E-state index is 5.77. The van der Waals surface area contributed by atoms with Crippen LogP contribution in [0.3, 0.4) is 0 Å². The van der Waals surface area contributed by atoms with Crippen molar-refractivity contribution in [2.45, 2.75) is 76.2 Å². The summed E-state index contributed by atoms with van der Waals surface area (Å²) in [5.41, 5.74) is 0.359. The van der Waals surface area contributed by atoms with Gasteiger partial charge < -0.3 is 4.74 Å². The van der Waals surface area contributed by atoms with E-state index < -0.39 is 0 Å². The van der Waals surface area contributed by atoms with Gasteiger partial charge in [-0.2, -0.15) is 0 Å². The maximum Gasteiger partial charge on any atom is 0.105 e. The zero-order valence-electron chi connectivity index (χ0n) is 15.0. The summed E-state index contributed by atoms with van der Waals surface area (Å²) in [6.45, 7) is 6.77. The monoisotopic (exact) mass is 323 g/mol. The molecule has 4 heteroatoms. The second kappa shape index (κ2) is 7.07. The fourth-order valence-corrected chi connectivity index (χ4v) is 6.60. The van der Waals surface area contributed by atoms with E-state index in [4.69, 9.17) is 4.74 Å². The molecule has 1 spiro atoms. The predicted molar refractivity (Wildman–Crippen MR) is 99.1 cm³/mol. The first-order valence-electron chi connectivity index (χ1n) is 9.49. The van der Waals surface area contributed by atoms with Gasteiger partial charge in [0.1, 0.15) is 7.85 Å². The van der Waals surface area contributed by atoms with Gasteiger partial charge in [-0.1, -0.05) is 63.7 Å². The summed E-state index contributed by atoms with van der Waals surface area (Å²) < 4.78 is 8.58. The minimum Gasteiger partial charge on any atom is -0.377 e. The fraction of sp³-hybridized carbons (Fsp3) is 1.00. The van der Waals surface area contributed by atoms with E-state index in [1.54, 1.807) is 0 Å². The third-order valence-corrected chi connectivity index (χ3v) is 7.47. The molecule has 4 atom stereocenters. The molecular formula is C18H34BNOS. The van der Waals surface area contributed by atoms with E-state index >= 15 is 0 Å². The second-order valence-corrected chi connectivity index (χ2v) is 9.31. The van der Waals surface area contributed by atoms with Gasteiger partial charge in [0.05, 0.1) is 18.8 Å². The van der Waals surface area contributed by atoms with Crippen molar-refractivity contribution in [2.75, 3.05) is 19.5 Å². The highest BCUT2D eigenvalue weighted by atomic mass is 32.2. The van der Waals surface area contributed by atoms with E-state index in [-0.39, 0.29) is 0 Å². The number of ether oxygens (including phenoxy) is 1. The molecule has 2 aliphatic heterocycles. The second-order valence-electron chi connectivity index (χ2n) is 8.55. The Kier molecular flexibility index (Phi) is 5.51. The lowest BCUT2D eigenvalue weighted by atomic mass is 9.67. The van der Waals surface area contributed by atoms with Crippen molar-refractivity contribution in [2.24, 2.45) is 17.8 Å². The van der Waals surface area contributed by atoms with Gasteiger partial charge in [0, 0.05) is 6.04 Å². The van der Waals surface area contributed by atoms with Gasteiger partial charge in [0.15, 0.2) is 0 Å². The Morgan fingerprint density at radius 3 is 2.55 bits per heavy atom. The number of nitrogens with zero attached hydrogens (tertiary/aromatic N) is 1. The van der Waals surface area contributed by atoms with Crippen LogP contribution in [0.25, 0.3) is 0 Å². The summed E-state index contributed by atoms with van der Waals surface area (Å²) >= 11 is 2.01. The highest BCUT2D eigenvalue weighted by Crippen LogP contribution is 2.56. The highest BCUT2D eigenvalue weighted by Gasteiger charge is 2.61. The van der Waals surface area contributed by atoms with E-state index in [9.17, 15) is 0 Å². The standard InChI is InChI=1S/C18H34BNOS/c1-13(2)9-16-15-10-14(19)7-5-4-6-8-17(15)20(22-3)18(16)11-21-12-18/h13-17H,4-12,19H2,1-3H3. The van der Waals surface area contributed by atoms with E-state index in [0.717, 1.165) is 42.8 Å². The van der Waals surface area contributed by atoms with E-state index in [0.29, 0.717) is 5.54 Å². The lowest BCUT2D eigenvalue weighted by molar-refractivity contribution is -0.124. The number of hydrogen-bond donors (Lipinski definition) is 0. The van der Waals surface area contributed by atoms with Gasteiger partial charge in [-0.05, 0) is 36.9 Å². The lowest BCUT2D eigenvalue weighted by Crippen LogP contribution is -2.61. The molecule has 0 bridgehead atoms. The van der Waals surface area contributed by atoms with Gasteiger partial charge in [0.2, 0.25) is 0 Å². The first kappa shape index (κ1) is 17.2. The van der Waals surface area contributed by atoms with Crippen molar-refractivity contribution < 1.29 is 4.74 Å². The van der Waals surface area contributed by atoms with Crippen LogP contribution in [-0.2, 0) is 4.74 Å². The molecule has 0 radical (unpaired) electrons. The first-order valence-corrected chi connectivity index (χ1v) is 10.7. The molecule has 0 aromatic carbocycles. The topological polar surface area (TPSA) is 12.5 Å². The minimum atomic E-state index is 0.359. The van der Waals surface area contributed by atoms with Crippen molar-refractivity contribution in [1.82, 2.24) is 4.31 Å². The third kappa shape index (κ3) is 3.00. The molecule has 22 heavy (non-hydrogen) atoms. The molecule has 4 unspecified atom stereocenters. The summed E-state index contributed by atoms with van der Waals surface area (Å²) in [4.78, 5) is 0. The molecule has 126 valence electrons. The largest absolute Gasteiger partial charge is 0.377 e. The molecule has 0 amide bonds. The summed E-state index contributed by atoms with van der Waals surface area (Å²) in [6.07, 6.45) is 12.3. The van der Waals surface area contributed by atoms with Gasteiger partial charge in [-0.25, -0.2) is 4.31 Å². The first-order chi connectivity index (χ1) is 10.6. The van der Waals surface area contributed by atoms with Crippen molar-refractivity contribution >= 4 is 19.8 Å². The van der Waals surface area contributed by atoms with E-state index in [1.165, 1.54) is 44.9 Å². The smallest absolute Gasteiger partial charge is 0.105 e. The summed E-state index contributed by atoms with van der Waals surface area (Å²) in [7, 11) is 2.50. The molecule has 0 aromatic heterocycles. The molecule has 1 aliphatic carbocycles. The Labute approximate surface area is 142 Å². The van der Waals surface area contributed by atoms with Crippen LogP contribution in [0.15, 0.2) is 0 Å². The minimum absolute atomic E-state index is 0.359. The highest BCUT2D eigenvalue weighted by molar-refractivity contribution is 7.96. The molecule has 3 aliphatic rings. The van der Waals surface area contributed by atoms with E-state index in [1.807, 2.05) is 11.9 Å². The van der Waals surface area contributed by atoms with Crippen LogP contribution < -0.4 is 0 Å². The fourth-order valence-electron chi connectivity index (χ4n) is 5.46. The molecule has 3 rings (SSSR count). The van der Waals surface area contributed by atoms with Crippen molar-refractivity contribution in [3.8, 4) is 0 Å². The van der Waals surface area contributed by atoms with Crippen LogP contribution in [-0.4, -0.2) is 43.2 Å². The van der Waals surface area contributed by atoms with Crippen LogP contribution in [0.4, 0.5) is 0 Å². The molecule has 0 N–H and O–H groups in total. The molecule has 3 fully saturated rings. The maximum absolute atomic E-state index is 5.77. The van der Waals surface area contributed by atoms with Crippen molar-refractivity contribution in [3.63, 3.8) is 0 Å². The summed E-state index contributed by atoms with van der Waals surface area (Å²) in [6, 6.07) is 0.795. The quantitative estimate of drug-likeness (QED) is 0.579. The van der Waals surface area contributed by atoms with Crippen LogP contribution in [0.2, 0.25) is 5.82 Å². The van der Waals surface area contributed by atoms with Crippen molar-refractivity contribution in [3.05, 3.63) is 0 Å². The molecule has 0 aromatic rings. The Balaban J connectivity index is 1.89. The Morgan fingerprint density at radius 1 is 1.23 bits per heavy atom. The van der Waals surface area contributed by atoms with Gasteiger partial charge in [0.25, 0.3) is 0 Å². The summed E-state index contributed by atoms with van der Waals surface area (Å²) in [5, 5.41) is 0. The lowest BCUT2D eigenvalue weighted by Gasteiger charge is -2.49. The normalized spacial score (nSPS) is 39.1. The SMILES string of the molecule is BC1CCCCCC2C(C1)C(CC(C)C)C1(COC1)N2SC. The van der Waals surface area contributed by atoms with Crippen LogP contribution >= 0.6 is 11.9 Å². The Morgan fingerprint density at radius 2 is 1.95 bits per heavy atom. The molecule has 2 heterocycles. The molecule has 1 saturated carbocycles. The van der Waals surface area contributed by atoms with Gasteiger partial charge in [-0.15, -0.1) is 0 Å². The van der Waals surface area contributed by atoms with Gasteiger partial charge >= 0.3 is 0 Å². The van der Waals surface area contributed by atoms with Crippen molar-refractivity contribution in [1.29, 1.82) is 0 Å². The van der Waals surface area contributed by atoms with Crippen LogP contribution in [0, 0.1) is 17.8 Å². The number of rotatable bonds is 3. The van der Waals surface area contributed by atoms with Crippen LogP contribution in [0.1, 0.15) is 58.8 Å². The predicted octanol–water partition coefficient (Wildman–Crippen LogP) is 3.77. The summed E-state index contributed by atoms with van der Waals surface area (Å²) in [5.74, 6) is 3.44.